The van der Waals surface area contributed by atoms with Crippen molar-refractivity contribution in [2.24, 2.45) is 11.0 Å². The van der Waals surface area contributed by atoms with E-state index in [1.54, 1.807) is 24.3 Å². The predicted octanol–water partition coefficient (Wildman–Crippen LogP) is 2.81. The van der Waals surface area contributed by atoms with E-state index in [0.717, 1.165) is 0 Å². The lowest BCUT2D eigenvalue weighted by molar-refractivity contribution is -0.116. The third-order valence-electron chi connectivity index (χ3n) is 5.20. The number of carbonyl (C=O) groups excluding carboxylic acids is 4. The molecule has 4 amide bonds. The van der Waals surface area contributed by atoms with Crippen molar-refractivity contribution in [1.82, 2.24) is 10.2 Å². The van der Waals surface area contributed by atoms with Crippen LogP contribution in [0.3, 0.4) is 0 Å². The highest BCUT2D eigenvalue weighted by atomic mass is 16.2. The van der Waals surface area contributed by atoms with E-state index in [0.29, 0.717) is 30.1 Å². The molecule has 0 fully saturated rings. The summed E-state index contributed by atoms with van der Waals surface area (Å²) in [5.74, 6) is -0.894. The van der Waals surface area contributed by atoms with E-state index in [1.807, 2.05) is 19.9 Å². The summed E-state index contributed by atoms with van der Waals surface area (Å²) >= 11 is 0. The van der Waals surface area contributed by atoms with Gasteiger partial charge in [-0.25, -0.2) is 0 Å². The second-order valence-electron chi connectivity index (χ2n) is 7.92. The molecule has 158 valence electrons. The summed E-state index contributed by atoms with van der Waals surface area (Å²) in [4.78, 5) is 51.4. The molecule has 8 heteroatoms. The highest BCUT2D eigenvalue weighted by Gasteiger charge is 2.36. The molecule has 0 bridgehead atoms. The molecular weight excluding hydrogens is 396 g/mol. The largest absolute Gasteiger partial charge is 0.308 e. The number of nitrogens with one attached hydrogen (secondary N) is 1. The SMILES string of the molecule is CC(C)CCN1C(=O)c2ccc(C(=O)NC3=NN(c4ccccc4)C(=O)C3)cc2C1=O. The monoisotopic (exact) mass is 418 g/mol. The van der Waals surface area contributed by atoms with Crippen LogP contribution in [0.4, 0.5) is 5.69 Å². The molecule has 2 aromatic rings. The number of hydrazone groups is 1. The van der Waals surface area contributed by atoms with Crippen molar-refractivity contribution in [2.75, 3.05) is 11.6 Å². The molecule has 0 spiro atoms. The van der Waals surface area contributed by atoms with Crippen LogP contribution in [0.2, 0.25) is 0 Å². The summed E-state index contributed by atoms with van der Waals surface area (Å²) in [6, 6.07) is 13.3. The Hall–Kier alpha value is -3.81. The van der Waals surface area contributed by atoms with Gasteiger partial charge in [-0.05, 0) is 42.7 Å². The van der Waals surface area contributed by atoms with E-state index in [9.17, 15) is 19.2 Å². The molecule has 0 aliphatic carbocycles. The smallest absolute Gasteiger partial charge is 0.261 e. The Bertz CT molecular complexity index is 1110. The number of amides is 4. The van der Waals surface area contributed by atoms with Gasteiger partial charge in [0.2, 0.25) is 0 Å². The number of hydrogen-bond donors (Lipinski definition) is 1. The van der Waals surface area contributed by atoms with E-state index in [1.165, 1.54) is 28.1 Å². The molecule has 1 N–H and O–H groups in total. The van der Waals surface area contributed by atoms with Crippen LogP contribution in [0.5, 0.6) is 0 Å². The van der Waals surface area contributed by atoms with Gasteiger partial charge in [-0.15, -0.1) is 0 Å². The quantitative estimate of drug-likeness (QED) is 0.755. The average molecular weight is 418 g/mol. The summed E-state index contributed by atoms with van der Waals surface area (Å²) in [7, 11) is 0. The Morgan fingerprint density at radius 3 is 2.45 bits per heavy atom. The van der Waals surface area contributed by atoms with Gasteiger partial charge in [-0.2, -0.15) is 10.1 Å². The van der Waals surface area contributed by atoms with Gasteiger partial charge >= 0.3 is 0 Å². The van der Waals surface area contributed by atoms with Crippen molar-refractivity contribution in [3.8, 4) is 0 Å². The minimum atomic E-state index is -0.495. The molecule has 2 aliphatic rings. The minimum Gasteiger partial charge on any atom is -0.308 e. The summed E-state index contributed by atoms with van der Waals surface area (Å²) < 4.78 is 0. The molecule has 8 nitrogen and oxygen atoms in total. The van der Waals surface area contributed by atoms with Crippen LogP contribution in [-0.2, 0) is 4.79 Å². The van der Waals surface area contributed by atoms with Crippen molar-refractivity contribution in [2.45, 2.75) is 26.7 Å². The van der Waals surface area contributed by atoms with Gasteiger partial charge in [-0.3, -0.25) is 24.1 Å². The van der Waals surface area contributed by atoms with Gasteiger partial charge < -0.3 is 5.32 Å². The fourth-order valence-electron chi connectivity index (χ4n) is 3.50. The van der Waals surface area contributed by atoms with E-state index in [2.05, 4.69) is 10.4 Å². The van der Waals surface area contributed by atoms with Crippen molar-refractivity contribution in [3.05, 3.63) is 65.2 Å². The maximum absolute atomic E-state index is 12.7. The van der Waals surface area contributed by atoms with E-state index in [-0.39, 0.29) is 41.1 Å². The first-order valence-electron chi connectivity index (χ1n) is 10.1. The lowest BCUT2D eigenvalue weighted by Crippen LogP contribution is -2.31. The average Bonchev–Trinajstić information content (AvgIpc) is 3.23. The standard InChI is InChI=1S/C23H22N4O4/c1-14(2)10-11-26-22(30)17-9-8-15(12-18(17)23(26)31)21(29)24-19-13-20(28)27(25-19)16-6-4-3-5-7-16/h3-9,12,14H,10-11,13H2,1-2H3,(H,24,25,29). The zero-order chi connectivity index (χ0) is 22.1. The highest BCUT2D eigenvalue weighted by Crippen LogP contribution is 2.25. The second kappa shape index (κ2) is 8.14. The number of para-hydroxylation sites is 1. The number of fused-ring (bicyclic) bond motifs is 1. The topological polar surface area (TPSA) is 99.2 Å². The van der Waals surface area contributed by atoms with Crippen molar-refractivity contribution in [1.29, 1.82) is 0 Å². The van der Waals surface area contributed by atoms with E-state index in [4.69, 9.17) is 0 Å². The fourth-order valence-corrected chi connectivity index (χ4v) is 3.50. The molecule has 0 atom stereocenters. The third-order valence-corrected chi connectivity index (χ3v) is 5.20. The molecule has 2 aliphatic heterocycles. The van der Waals surface area contributed by atoms with Gasteiger partial charge in [0, 0.05) is 12.1 Å². The molecule has 2 heterocycles. The van der Waals surface area contributed by atoms with Crippen LogP contribution in [0.1, 0.15) is 57.8 Å². The number of benzene rings is 2. The van der Waals surface area contributed by atoms with Gasteiger partial charge in [0.05, 0.1) is 23.2 Å². The number of carbonyl (C=O) groups is 4. The Labute approximate surface area is 179 Å². The molecule has 0 saturated carbocycles. The summed E-state index contributed by atoms with van der Waals surface area (Å²) in [5.41, 5.74) is 1.35. The van der Waals surface area contributed by atoms with Gasteiger partial charge in [0.25, 0.3) is 23.6 Å². The van der Waals surface area contributed by atoms with E-state index >= 15 is 0 Å². The Kier molecular flexibility index (Phi) is 5.37. The van der Waals surface area contributed by atoms with Crippen molar-refractivity contribution in [3.63, 3.8) is 0 Å². The molecule has 31 heavy (non-hydrogen) atoms. The van der Waals surface area contributed by atoms with Crippen LogP contribution < -0.4 is 10.3 Å². The maximum Gasteiger partial charge on any atom is 0.261 e. The highest BCUT2D eigenvalue weighted by molar-refractivity contribution is 6.23. The molecular formula is C23H22N4O4. The molecule has 0 aromatic heterocycles. The molecule has 2 aromatic carbocycles. The first-order valence-corrected chi connectivity index (χ1v) is 10.1. The lowest BCUT2D eigenvalue weighted by Gasteiger charge is -2.14. The number of anilines is 1. The molecule has 4 rings (SSSR count). The van der Waals surface area contributed by atoms with Crippen LogP contribution in [0, 0.1) is 5.92 Å². The predicted molar refractivity (Wildman–Crippen MR) is 115 cm³/mol. The number of imide groups is 1. The maximum atomic E-state index is 12.7. The lowest BCUT2D eigenvalue weighted by atomic mass is 10.1. The van der Waals surface area contributed by atoms with Crippen molar-refractivity contribution >= 4 is 35.2 Å². The first-order chi connectivity index (χ1) is 14.8. The van der Waals surface area contributed by atoms with E-state index < -0.39 is 5.91 Å². The van der Waals surface area contributed by atoms with Crippen LogP contribution >= 0.6 is 0 Å². The van der Waals surface area contributed by atoms with Crippen LogP contribution in [0.25, 0.3) is 0 Å². The fraction of sp³-hybridized carbons (Fsp3) is 0.261. The van der Waals surface area contributed by atoms with Crippen LogP contribution in [0.15, 0.2) is 53.6 Å². The number of hydrogen-bond acceptors (Lipinski definition) is 5. The molecule has 0 radical (unpaired) electrons. The number of rotatable bonds is 5. The second-order valence-corrected chi connectivity index (χ2v) is 7.92. The van der Waals surface area contributed by atoms with Crippen LogP contribution in [-0.4, -0.2) is 40.9 Å². The Morgan fingerprint density at radius 2 is 1.74 bits per heavy atom. The number of amidine groups is 1. The normalized spacial score (nSPS) is 15.6. The first kappa shape index (κ1) is 20.5. The zero-order valence-electron chi connectivity index (χ0n) is 17.3. The van der Waals surface area contributed by atoms with Gasteiger partial charge in [-0.1, -0.05) is 32.0 Å². The molecule has 0 unspecified atom stereocenters. The summed E-state index contributed by atoms with van der Waals surface area (Å²) in [6.07, 6.45) is 0.677. The number of nitrogens with zero attached hydrogens (tertiary/aromatic N) is 3. The minimum absolute atomic E-state index is 0.0357. The third kappa shape index (κ3) is 3.96. The Balaban J connectivity index is 1.50. The summed E-state index contributed by atoms with van der Waals surface area (Å²) in [6.45, 7) is 4.39. The zero-order valence-corrected chi connectivity index (χ0v) is 17.3. The Morgan fingerprint density at radius 1 is 1.03 bits per heavy atom. The summed E-state index contributed by atoms with van der Waals surface area (Å²) in [5, 5.41) is 8.07. The van der Waals surface area contributed by atoms with Crippen molar-refractivity contribution < 1.29 is 19.2 Å². The molecule has 0 saturated heterocycles. The van der Waals surface area contributed by atoms with Gasteiger partial charge in [0.15, 0.2) is 0 Å². The van der Waals surface area contributed by atoms with Gasteiger partial charge in [0.1, 0.15) is 5.84 Å².